The van der Waals surface area contributed by atoms with Crippen molar-refractivity contribution in [3.8, 4) is 0 Å². The molecule has 0 heterocycles. The number of hydrogen-bond acceptors (Lipinski definition) is 5. The fraction of sp³-hybridized carbons (Fsp3) is 0.333. The van der Waals surface area contributed by atoms with Gasteiger partial charge in [-0.3, -0.25) is 14.4 Å². The summed E-state index contributed by atoms with van der Waals surface area (Å²) in [6.07, 6.45) is 0.242. The van der Waals surface area contributed by atoms with Gasteiger partial charge in [0.05, 0.1) is 6.42 Å². The fourth-order valence-electron chi connectivity index (χ4n) is 4.18. The summed E-state index contributed by atoms with van der Waals surface area (Å²) in [5, 5.41) is 8.12. The lowest BCUT2D eigenvalue weighted by molar-refractivity contribution is -0.149. The van der Waals surface area contributed by atoms with Crippen molar-refractivity contribution in [2.24, 2.45) is 0 Å². The Labute approximate surface area is 246 Å². The fourth-order valence-corrected chi connectivity index (χ4v) is 4.18. The third-order valence-electron chi connectivity index (χ3n) is 6.22. The van der Waals surface area contributed by atoms with E-state index < -0.39 is 47.1 Å². The van der Waals surface area contributed by atoms with Crippen LogP contribution in [0.25, 0.3) is 0 Å². The maximum atomic E-state index is 13.5. The van der Waals surface area contributed by atoms with Crippen LogP contribution in [-0.2, 0) is 43.4 Å². The average Bonchev–Trinajstić information content (AvgIpc) is 2.95. The molecule has 42 heavy (non-hydrogen) atoms. The summed E-state index contributed by atoms with van der Waals surface area (Å²) >= 11 is 0. The van der Waals surface area contributed by atoms with Crippen LogP contribution in [0.2, 0.25) is 0 Å². The molecular weight excluding hydrogens is 537 g/mol. The summed E-state index contributed by atoms with van der Waals surface area (Å²) in [6.45, 7) is 5.41. The van der Waals surface area contributed by atoms with Crippen molar-refractivity contribution in [1.82, 2.24) is 16.0 Å². The molecule has 8 nitrogen and oxygen atoms in total. The van der Waals surface area contributed by atoms with Crippen LogP contribution in [0, 0.1) is 5.82 Å². The molecule has 0 fully saturated rings. The molecule has 3 aromatic rings. The number of benzene rings is 3. The Morgan fingerprint density at radius 3 is 1.93 bits per heavy atom. The molecule has 0 aliphatic heterocycles. The number of carbonyl (C=O) groups is 4. The van der Waals surface area contributed by atoms with Gasteiger partial charge in [0.1, 0.15) is 24.5 Å². The van der Waals surface area contributed by atoms with E-state index in [0.29, 0.717) is 12.0 Å². The average molecular weight is 576 g/mol. The van der Waals surface area contributed by atoms with Crippen LogP contribution in [0.3, 0.4) is 0 Å². The molecule has 2 atom stereocenters. The van der Waals surface area contributed by atoms with E-state index in [4.69, 9.17) is 4.74 Å². The minimum Gasteiger partial charge on any atom is -0.459 e. The van der Waals surface area contributed by atoms with Crippen LogP contribution < -0.4 is 16.0 Å². The van der Waals surface area contributed by atoms with Crippen molar-refractivity contribution in [3.63, 3.8) is 0 Å². The van der Waals surface area contributed by atoms with Crippen LogP contribution in [0.15, 0.2) is 84.9 Å². The number of aryl methyl sites for hydroxylation is 1. The van der Waals surface area contributed by atoms with E-state index in [1.165, 1.54) is 24.3 Å². The van der Waals surface area contributed by atoms with Crippen molar-refractivity contribution >= 4 is 23.7 Å². The van der Waals surface area contributed by atoms with Gasteiger partial charge in [-0.05, 0) is 56.0 Å². The molecule has 0 radical (unpaired) electrons. The minimum absolute atomic E-state index is 0.0108. The highest BCUT2D eigenvalue weighted by molar-refractivity contribution is 5.94. The zero-order valence-electron chi connectivity index (χ0n) is 24.2. The van der Waals surface area contributed by atoms with Crippen LogP contribution in [0.4, 0.5) is 4.39 Å². The van der Waals surface area contributed by atoms with E-state index in [-0.39, 0.29) is 25.9 Å². The molecule has 3 amide bonds. The van der Waals surface area contributed by atoms with E-state index in [2.05, 4.69) is 16.0 Å². The molecule has 0 aliphatic rings. The highest BCUT2D eigenvalue weighted by Gasteiger charge is 2.30. The Balaban J connectivity index is 1.75. The summed E-state index contributed by atoms with van der Waals surface area (Å²) in [7, 11) is 0. The molecule has 3 N–H and O–H groups in total. The first-order valence-electron chi connectivity index (χ1n) is 13.9. The summed E-state index contributed by atoms with van der Waals surface area (Å²) in [5.74, 6) is -2.70. The molecule has 222 valence electrons. The Hall–Kier alpha value is -4.53. The van der Waals surface area contributed by atoms with Crippen LogP contribution in [-0.4, -0.2) is 41.3 Å². The Bertz CT molecular complexity index is 1330. The first-order valence-corrected chi connectivity index (χ1v) is 13.9. The smallest absolute Gasteiger partial charge is 0.329 e. The van der Waals surface area contributed by atoms with E-state index in [0.717, 1.165) is 11.1 Å². The number of carbonyl (C=O) groups excluding carboxylic acids is 4. The lowest BCUT2D eigenvalue weighted by atomic mass is 10.0. The number of nitrogens with one attached hydrogen (secondary N) is 3. The van der Waals surface area contributed by atoms with Gasteiger partial charge < -0.3 is 20.7 Å². The van der Waals surface area contributed by atoms with Gasteiger partial charge in [0, 0.05) is 18.4 Å². The second kappa shape index (κ2) is 15.5. The van der Waals surface area contributed by atoms with Gasteiger partial charge in [-0.2, -0.15) is 0 Å². The maximum absolute atomic E-state index is 13.5. The molecule has 0 saturated heterocycles. The predicted molar refractivity (Wildman–Crippen MR) is 157 cm³/mol. The Morgan fingerprint density at radius 1 is 0.738 bits per heavy atom. The Morgan fingerprint density at radius 2 is 1.33 bits per heavy atom. The first-order chi connectivity index (χ1) is 20.0. The highest BCUT2D eigenvalue weighted by atomic mass is 19.1. The van der Waals surface area contributed by atoms with Crippen LogP contribution in [0.1, 0.15) is 50.3 Å². The van der Waals surface area contributed by atoms with Gasteiger partial charge in [-0.15, -0.1) is 0 Å². The van der Waals surface area contributed by atoms with Gasteiger partial charge >= 0.3 is 5.97 Å². The van der Waals surface area contributed by atoms with E-state index >= 15 is 0 Å². The molecule has 0 bridgehead atoms. The van der Waals surface area contributed by atoms with Crippen LogP contribution >= 0.6 is 0 Å². The van der Waals surface area contributed by atoms with Gasteiger partial charge in [-0.25, -0.2) is 9.18 Å². The second-order valence-electron chi connectivity index (χ2n) is 11.1. The third kappa shape index (κ3) is 11.5. The zero-order chi connectivity index (χ0) is 30.5. The molecule has 0 saturated carbocycles. The molecule has 9 heteroatoms. The first kappa shape index (κ1) is 32.0. The lowest BCUT2D eigenvalue weighted by Gasteiger charge is -2.25. The van der Waals surface area contributed by atoms with E-state index in [1.54, 1.807) is 32.9 Å². The van der Waals surface area contributed by atoms with Crippen molar-refractivity contribution < 1.29 is 28.3 Å². The number of rotatable bonds is 13. The molecule has 3 rings (SSSR count). The number of amides is 3. The monoisotopic (exact) mass is 575 g/mol. The molecule has 0 aromatic heterocycles. The number of esters is 1. The molecule has 0 aliphatic carbocycles. The maximum Gasteiger partial charge on any atom is 0.329 e. The summed E-state index contributed by atoms with van der Waals surface area (Å²) in [4.78, 5) is 52.3. The second-order valence-corrected chi connectivity index (χ2v) is 11.1. The van der Waals surface area contributed by atoms with Gasteiger partial charge in [-0.1, -0.05) is 72.8 Å². The standard InChI is InChI=1S/C33H38FN3O5/c1-33(2,3)37-30(39)21-27(35-29(38)19-16-23-10-6-4-7-11-23)31(40)36-28(20-24-14-17-26(34)18-15-24)32(41)42-22-25-12-8-5-9-13-25/h4-15,17-18,27-28H,16,19-22H2,1-3H3,(H,35,38)(H,36,40)(H,37,39). The number of halogens is 1. The van der Waals surface area contributed by atoms with E-state index in [9.17, 15) is 23.6 Å². The normalized spacial score (nSPS) is 12.5. The number of ether oxygens (including phenoxy) is 1. The van der Waals surface area contributed by atoms with Crippen molar-refractivity contribution in [3.05, 3.63) is 107 Å². The van der Waals surface area contributed by atoms with Gasteiger partial charge in [0.2, 0.25) is 17.7 Å². The van der Waals surface area contributed by atoms with Crippen molar-refractivity contribution in [1.29, 1.82) is 0 Å². The minimum atomic E-state index is -1.24. The summed E-state index contributed by atoms with van der Waals surface area (Å²) in [6, 6.07) is 21.6. The molecule has 2 unspecified atom stereocenters. The topological polar surface area (TPSA) is 114 Å². The SMILES string of the molecule is CC(C)(C)NC(=O)CC(NC(=O)CCc1ccccc1)C(=O)NC(Cc1ccc(F)cc1)C(=O)OCc1ccccc1. The van der Waals surface area contributed by atoms with Gasteiger partial charge in [0.15, 0.2) is 0 Å². The zero-order valence-corrected chi connectivity index (χ0v) is 24.2. The highest BCUT2D eigenvalue weighted by Crippen LogP contribution is 2.11. The summed E-state index contributed by atoms with van der Waals surface area (Å²) < 4.78 is 19.0. The third-order valence-corrected chi connectivity index (χ3v) is 6.22. The molecule has 3 aromatic carbocycles. The van der Waals surface area contributed by atoms with Crippen molar-refractivity contribution in [2.75, 3.05) is 0 Å². The van der Waals surface area contributed by atoms with Gasteiger partial charge in [0.25, 0.3) is 0 Å². The summed E-state index contributed by atoms with van der Waals surface area (Å²) in [5.41, 5.74) is 1.76. The predicted octanol–water partition coefficient (Wildman–Crippen LogP) is 4.02. The van der Waals surface area contributed by atoms with Crippen molar-refractivity contribution in [2.45, 2.75) is 70.7 Å². The molecule has 0 spiro atoms. The van der Waals surface area contributed by atoms with E-state index in [1.807, 2.05) is 48.5 Å². The quantitative estimate of drug-likeness (QED) is 0.267. The van der Waals surface area contributed by atoms with Crippen LogP contribution in [0.5, 0.6) is 0 Å². The largest absolute Gasteiger partial charge is 0.459 e. The number of hydrogen-bond donors (Lipinski definition) is 3. The lowest BCUT2D eigenvalue weighted by Crippen LogP contribution is -2.54. The Kier molecular flexibility index (Phi) is 11.8. The molecular formula is C33H38FN3O5.